The van der Waals surface area contributed by atoms with E-state index in [2.05, 4.69) is 6.58 Å². The van der Waals surface area contributed by atoms with Crippen molar-refractivity contribution in [2.24, 2.45) is 0 Å². The number of hydrogen-bond acceptors (Lipinski definition) is 4. The fraction of sp³-hybridized carbons (Fsp3) is 0.833. The molecule has 0 radical (unpaired) electrons. The van der Waals surface area contributed by atoms with Gasteiger partial charge < -0.3 is 19.3 Å². The van der Waals surface area contributed by atoms with Crippen molar-refractivity contribution in [2.75, 3.05) is 33.0 Å². The van der Waals surface area contributed by atoms with E-state index in [4.69, 9.17) is 14.2 Å². The smallest absolute Gasteiger partial charge is 0.101 e. The summed E-state index contributed by atoms with van der Waals surface area (Å²) in [5.41, 5.74) is -0.144. The van der Waals surface area contributed by atoms with Gasteiger partial charge in [0.2, 0.25) is 0 Å². The van der Waals surface area contributed by atoms with Crippen LogP contribution in [-0.4, -0.2) is 49.8 Å². The second-order valence-corrected chi connectivity index (χ2v) is 4.52. The molecule has 4 nitrogen and oxygen atoms in total. The SMILES string of the molecule is C=CCOCC(O)COCCOC(C)(C)C. The second kappa shape index (κ2) is 8.70. The van der Waals surface area contributed by atoms with Gasteiger partial charge in [-0.1, -0.05) is 6.08 Å². The Bertz CT molecular complexity index is 174. The monoisotopic (exact) mass is 232 g/mol. The zero-order chi connectivity index (χ0) is 12.4. The van der Waals surface area contributed by atoms with Crippen LogP contribution in [-0.2, 0) is 14.2 Å². The third-order valence-electron chi connectivity index (χ3n) is 1.62. The van der Waals surface area contributed by atoms with Gasteiger partial charge in [0.1, 0.15) is 6.10 Å². The van der Waals surface area contributed by atoms with Crippen molar-refractivity contribution in [2.45, 2.75) is 32.5 Å². The van der Waals surface area contributed by atoms with Crippen molar-refractivity contribution in [3.8, 4) is 0 Å². The van der Waals surface area contributed by atoms with Gasteiger partial charge in [0, 0.05) is 0 Å². The van der Waals surface area contributed by atoms with Crippen molar-refractivity contribution in [3.63, 3.8) is 0 Å². The molecule has 0 rings (SSSR count). The Labute approximate surface area is 98.2 Å². The first kappa shape index (κ1) is 15.6. The summed E-state index contributed by atoms with van der Waals surface area (Å²) in [6.07, 6.45) is 1.06. The lowest BCUT2D eigenvalue weighted by molar-refractivity contribution is -0.0576. The summed E-state index contributed by atoms with van der Waals surface area (Å²) >= 11 is 0. The molecule has 16 heavy (non-hydrogen) atoms. The number of hydrogen-bond donors (Lipinski definition) is 1. The molecule has 0 aliphatic rings. The Morgan fingerprint density at radius 2 is 1.81 bits per heavy atom. The largest absolute Gasteiger partial charge is 0.388 e. The number of aliphatic hydroxyl groups is 1. The average Bonchev–Trinajstić information content (AvgIpc) is 2.16. The molecule has 0 aromatic heterocycles. The second-order valence-electron chi connectivity index (χ2n) is 4.52. The van der Waals surface area contributed by atoms with E-state index in [0.717, 1.165) is 0 Å². The Morgan fingerprint density at radius 1 is 1.19 bits per heavy atom. The van der Waals surface area contributed by atoms with Gasteiger partial charge >= 0.3 is 0 Å². The summed E-state index contributed by atoms with van der Waals surface area (Å²) < 4.78 is 15.8. The molecule has 0 aliphatic heterocycles. The predicted octanol–water partition coefficient (Wildman–Crippen LogP) is 1.38. The van der Waals surface area contributed by atoms with Gasteiger partial charge in [-0.3, -0.25) is 0 Å². The van der Waals surface area contributed by atoms with Crippen LogP contribution < -0.4 is 0 Å². The zero-order valence-electron chi connectivity index (χ0n) is 10.6. The third-order valence-corrected chi connectivity index (χ3v) is 1.62. The minimum Gasteiger partial charge on any atom is -0.388 e. The van der Waals surface area contributed by atoms with Crippen molar-refractivity contribution < 1.29 is 19.3 Å². The van der Waals surface area contributed by atoms with Gasteiger partial charge in [-0.05, 0) is 20.8 Å². The Balaban J connectivity index is 3.27. The maximum absolute atomic E-state index is 9.41. The quantitative estimate of drug-likeness (QED) is 0.482. The van der Waals surface area contributed by atoms with Gasteiger partial charge in [0.25, 0.3) is 0 Å². The number of ether oxygens (including phenoxy) is 3. The zero-order valence-corrected chi connectivity index (χ0v) is 10.6. The predicted molar refractivity (Wildman–Crippen MR) is 63.5 cm³/mol. The number of aliphatic hydroxyl groups excluding tert-OH is 1. The van der Waals surface area contributed by atoms with Crippen molar-refractivity contribution in [3.05, 3.63) is 12.7 Å². The minimum absolute atomic E-state index is 0.144. The van der Waals surface area contributed by atoms with Gasteiger partial charge in [0.15, 0.2) is 0 Å². The Hall–Kier alpha value is -0.420. The third kappa shape index (κ3) is 11.7. The highest BCUT2D eigenvalue weighted by molar-refractivity contribution is 4.64. The molecule has 0 aromatic carbocycles. The summed E-state index contributed by atoms with van der Waals surface area (Å²) in [4.78, 5) is 0. The molecule has 1 unspecified atom stereocenters. The van der Waals surface area contributed by atoms with Crippen molar-refractivity contribution >= 4 is 0 Å². The van der Waals surface area contributed by atoms with Gasteiger partial charge in [-0.15, -0.1) is 6.58 Å². The highest BCUT2D eigenvalue weighted by atomic mass is 16.5. The summed E-state index contributed by atoms with van der Waals surface area (Å²) in [6, 6.07) is 0. The molecule has 1 N–H and O–H groups in total. The van der Waals surface area contributed by atoms with Crippen LogP contribution in [0.3, 0.4) is 0 Å². The van der Waals surface area contributed by atoms with E-state index in [1.54, 1.807) is 6.08 Å². The molecule has 96 valence electrons. The molecular formula is C12H24O4. The van der Waals surface area contributed by atoms with E-state index in [9.17, 15) is 5.11 Å². The standard InChI is InChI=1S/C12H24O4/c1-5-6-14-9-11(13)10-15-7-8-16-12(2,3)4/h5,11,13H,1,6-10H2,2-4H3. The fourth-order valence-corrected chi connectivity index (χ4v) is 0.962. The summed E-state index contributed by atoms with van der Waals surface area (Å²) in [5, 5.41) is 9.41. The molecule has 1 atom stereocenters. The van der Waals surface area contributed by atoms with Crippen LogP contribution >= 0.6 is 0 Å². The molecule has 0 saturated heterocycles. The first-order valence-corrected chi connectivity index (χ1v) is 5.54. The topological polar surface area (TPSA) is 47.9 Å². The molecule has 0 heterocycles. The molecule has 0 fully saturated rings. The summed E-state index contributed by atoms with van der Waals surface area (Å²) in [7, 11) is 0. The van der Waals surface area contributed by atoms with Crippen LogP contribution in [0, 0.1) is 0 Å². The molecule has 0 spiro atoms. The fourth-order valence-electron chi connectivity index (χ4n) is 0.962. The van der Waals surface area contributed by atoms with E-state index in [-0.39, 0.29) is 18.8 Å². The minimum atomic E-state index is -0.588. The van der Waals surface area contributed by atoms with Crippen molar-refractivity contribution in [1.29, 1.82) is 0 Å². The summed E-state index contributed by atoms with van der Waals surface area (Å²) in [6.45, 7) is 11.5. The van der Waals surface area contributed by atoms with E-state index >= 15 is 0 Å². The van der Waals surface area contributed by atoms with Crippen LogP contribution in [0.1, 0.15) is 20.8 Å². The van der Waals surface area contributed by atoms with Gasteiger partial charge in [-0.2, -0.15) is 0 Å². The molecule has 0 bridgehead atoms. The molecule has 0 saturated carbocycles. The first-order chi connectivity index (χ1) is 7.45. The highest BCUT2D eigenvalue weighted by Crippen LogP contribution is 2.05. The van der Waals surface area contributed by atoms with Crippen LogP contribution in [0.4, 0.5) is 0 Å². The lowest BCUT2D eigenvalue weighted by Crippen LogP contribution is -2.25. The maximum atomic E-state index is 9.41. The van der Waals surface area contributed by atoms with E-state index in [0.29, 0.717) is 19.8 Å². The van der Waals surface area contributed by atoms with Crippen LogP contribution in [0.25, 0.3) is 0 Å². The van der Waals surface area contributed by atoms with E-state index in [1.807, 2.05) is 20.8 Å². The summed E-state index contributed by atoms with van der Waals surface area (Å²) in [5.74, 6) is 0. The van der Waals surface area contributed by atoms with E-state index < -0.39 is 6.10 Å². The molecular weight excluding hydrogens is 208 g/mol. The maximum Gasteiger partial charge on any atom is 0.101 e. The highest BCUT2D eigenvalue weighted by Gasteiger charge is 2.09. The Morgan fingerprint density at radius 3 is 2.38 bits per heavy atom. The van der Waals surface area contributed by atoms with Gasteiger partial charge in [-0.25, -0.2) is 0 Å². The van der Waals surface area contributed by atoms with Crippen LogP contribution in [0.2, 0.25) is 0 Å². The lowest BCUT2D eigenvalue weighted by Gasteiger charge is -2.19. The van der Waals surface area contributed by atoms with Gasteiger partial charge in [0.05, 0.1) is 38.6 Å². The molecule has 0 aliphatic carbocycles. The first-order valence-electron chi connectivity index (χ1n) is 5.54. The molecule has 0 aromatic rings. The van der Waals surface area contributed by atoms with Crippen LogP contribution in [0.15, 0.2) is 12.7 Å². The molecule has 0 amide bonds. The van der Waals surface area contributed by atoms with Crippen LogP contribution in [0.5, 0.6) is 0 Å². The normalized spacial score (nSPS) is 13.8. The Kier molecular flexibility index (Phi) is 8.47. The lowest BCUT2D eigenvalue weighted by atomic mass is 10.2. The van der Waals surface area contributed by atoms with E-state index in [1.165, 1.54) is 0 Å². The average molecular weight is 232 g/mol. The molecule has 4 heteroatoms. The number of rotatable bonds is 9. The van der Waals surface area contributed by atoms with Crippen molar-refractivity contribution in [1.82, 2.24) is 0 Å².